The van der Waals surface area contributed by atoms with Gasteiger partial charge in [0.15, 0.2) is 0 Å². The van der Waals surface area contributed by atoms with Crippen LogP contribution in [0.3, 0.4) is 0 Å². The smallest absolute Gasteiger partial charge is 0.269 e. The van der Waals surface area contributed by atoms with Gasteiger partial charge in [-0.1, -0.05) is 25.1 Å². The van der Waals surface area contributed by atoms with Crippen LogP contribution >= 0.6 is 0 Å². The predicted octanol–water partition coefficient (Wildman–Crippen LogP) is 2.01. The highest BCUT2D eigenvalue weighted by Gasteiger charge is 2.11. The molecule has 0 spiro atoms. The molecule has 0 aliphatic carbocycles. The fraction of sp³-hybridized carbons (Fsp3) is 0.231. The molecule has 4 nitrogen and oxygen atoms in total. The normalized spacial score (nSPS) is 10.2. The Morgan fingerprint density at radius 1 is 1.35 bits per heavy atom. The van der Waals surface area contributed by atoms with E-state index in [0.717, 1.165) is 12.1 Å². The highest BCUT2D eigenvalue weighted by molar-refractivity contribution is 5.92. The lowest BCUT2D eigenvalue weighted by molar-refractivity contribution is 0.0947. The summed E-state index contributed by atoms with van der Waals surface area (Å²) in [5, 5.41) is 2.85. The van der Waals surface area contributed by atoms with Crippen molar-refractivity contribution in [2.45, 2.75) is 13.3 Å². The summed E-state index contributed by atoms with van der Waals surface area (Å²) < 4.78 is 1.78. The van der Waals surface area contributed by atoms with E-state index < -0.39 is 0 Å². The molecule has 0 aliphatic rings. The summed E-state index contributed by atoms with van der Waals surface area (Å²) >= 11 is 0. The zero-order valence-electron chi connectivity index (χ0n) is 9.76. The summed E-state index contributed by atoms with van der Waals surface area (Å²) in [6.07, 6.45) is 4.15. The van der Waals surface area contributed by atoms with Crippen molar-refractivity contribution < 1.29 is 4.79 Å². The molecule has 1 N–H and O–H groups in total. The van der Waals surface area contributed by atoms with Crippen LogP contribution in [-0.4, -0.2) is 22.0 Å². The van der Waals surface area contributed by atoms with Gasteiger partial charge in [0.05, 0.1) is 12.5 Å². The Balaban J connectivity index is 2.26. The highest BCUT2D eigenvalue weighted by atomic mass is 16.1. The lowest BCUT2D eigenvalue weighted by Gasteiger charge is -2.07. The van der Waals surface area contributed by atoms with Crippen molar-refractivity contribution in [1.82, 2.24) is 14.9 Å². The third kappa shape index (κ3) is 2.53. The van der Waals surface area contributed by atoms with Crippen LogP contribution < -0.4 is 5.32 Å². The molecule has 0 saturated heterocycles. The molecule has 0 fully saturated rings. The number of carbonyl (C=O) groups is 1. The second-order valence-corrected chi connectivity index (χ2v) is 3.74. The van der Waals surface area contributed by atoms with E-state index in [4.69, 9.17) is 0 Å². The summed E-state index contributed by atoms with van der Waals surface area (Å²) in [5.74, 6) is -0.0896. The first-order chi connectivity index (χ1) is 8.33. The number of hydrogen-bond acceptors (Lipinski definition) is 2. The number of rotatable bonds is 4. The number of nitrogens with one attached hydrogen (secondary N) is 1. The molecule has 1 aromatic heterocycles. The summed E-state index contributed by atoms with van der Waals surface area (Å²) in [7, 11) is 0. The Bertz CT molecular complexity index is 490. The number of aromatic nitrogens is 2. The molecule has 0 radical (unpaired) electrons. The minimum atomic E-state index is -0.0896. The minimum absolute atomic E-state index is 0.0896. The minimum Gasteiger partial charge on any atom is -0.351 e. The van der Waals surface area contributed by atoms with Crippen LogP contribution in [0.2, 0.25) is 0 Å². The monoisotopic (exact) mass is 229 g/mol. The van der Waals surface area contributed by atoms with Gasteiger partial charge in [-0.25, -0.2) is 4.98 Å². The van der Waals surface area contributed by atoms with E-state index in [2.05, 4.69) is 10.3 Å². The second kappa shape index (κ2) is 5.30. The molecule has 17 heavy (non-hydrogen) atoms. The summed E-state index contributed by atoms with van der Waals surface area (Å²) in [5.41, 5.74) is 1.50. The van der Waals surface area contributed by atoms with Crippen LogP contribution in [0.25, 0.3) is 5.69 Å². The van der Waals surface area contributed by atoms with E-state index in [1.165, 1.54) is 0 Å². The number of amides is 1. The van der Waals surface area contributed by atoms with Crippen LogP contribution in [0.1, 0.15) is 23.8 Å². The largest absolute Gasteiger partial charge is 0.351 e. The van der Waals surface area contributed by atoms with E-state index in [0.29, 0.717) is 12.2 Å². The first-order valence-corrected chi connectivity index (χ1v) is 5.69. The molecule has 0 aliphatic heterocycles. The van der Waals surface area contributed by atoms with Gasteiger partial charge in [0.25, 0.3) is 5.91 Å². The molecule has 0 saturated carbocycles. The maximum atomic E-state index is 11.9. The van der Waals surface area contributed by atoms with Crippen molar-refractivity contribution in [2.75, 3.05) is 6.54 Å². The first-order valence-electron chi connectivity index (χ1n) is 5.69. The maximum absolute atomic E-state index is 11.9. The summed E-state index contributed by atoms with van der Waals surface area (Å²) in [4.78, 5) is 15.9. The van der Waals surface area contributed by atoms with E-state index in [-0.39, 0.29) is 5.91 Å². The molecule has 1 amide bonds. The Hall–Kier alpha value is -2.10. The van der Waals surface area contributed by atoms with Crippen LogP contribution in [-0.2, 0) is 0 Å². The molecular weight excluding hydrogens is 214 g/mol. The molecule has 1 heterocycles. The van der Waals surface area contributed by atoms with Gasteiger partial charge in [0, 0.05) is 12.2 Å². The van der Waals surface area contributed by atoms with Crippen molar-refractivity contribution >= 4 is 5.91 Å². The van der Waals surface area contributed by atoms with Gasteiger partial charge in [-0.15, -0.1) is 0 Å². The summed E-state index contributed by atoms with van der Waals surface area (Å²) in [6.45, 7) is 2.70. The van der Waals surface area contributed by atoms with Gasteiger partial charge >= 0.3 is 0 Å². The lowest BCUT2D eigenvalue weighted by atomic mass is 10.3. The van der Waals surface area contributed by atoms with Gasteiger partial charge < -0.3 is 5.32 Å². The van der Waals surface area contributed by atoms with Crippen molar-refractivity contribution in [3.63, 3.8) is 0 Å². The van der Waals surface area contributed by atoms with E-state index in [1.807, 2.05) is 37.3 Å². The molecule has 0 atom stereocenters. The van der Waals surface area contributed by atoms with Crippen LogP contribution in [0, 0.1) is 0 Å². The molecule has 2 aromatic rings. The number of benzene rings is 1. The maximum Gasteiger partial charge on any atom is 0.269 e. The molecule has 2 rings (SSSR count). The lowest BCUT2D eigenvalue weighted by Crippen LogP contribution is -2.26. The zero-order chi connectivity index (χ0) is 12.1. The van der Waals surface area contributed by atoms with Gasteiger partial charge in [0.1, 0.15) is 5.69 Å². The fourth-order valence-electron chi connectivity index (χ4n) is 1.59. The van der Waals surface area contributed by atoms with E-state index >= 15 is 0 Å². The second-order valence-electron chi connectivity index (χ2n) is 3.74. The number of carbonyl (C=O) groups excluding carboxylic acids is 1. The quantitative estimate of drug-likeness (QED) is 0.871. The molecule has 0 unspecified atom stereocenters. The number of nitrogens with zero attached hydrogens (tertiary/aromatic N) is 2. The predicted molar refractivity (Wildman–Crippen MR) is 66.2 cm³/mol. The number of hydrogen-bond donors (Lipinski definition) is 1. The fourth-order valence-corrected chi connectivity index (χ4v) is 1.59. The summed E-state index contributed by atoms with van der Waals surface area (Å²) in [6, 6.07) is 9.69. The average molecular weight is 229 g/mol. The third-order valence-corrected chi connectivity index (χ3v) is 2.44. The van der Waals surface area contributed by atoms with Gasteiger partial charge in [-0.2, -0.15) is 0 Å². The van der Waals surface area contributed by atoms with Gasteiger partial charge in [0.2, 0.25) is 0 Å². The highest BCUT2D eigenvalue weighted by Crippen LogP contribution is 2.10. The van der Waals surface area contributed by atoms with Crippen molar-refractivity contribution in [1.29, 1.82) is 0 Å². The Labute approximate surface area is 100 Å². The van der Waals surface area contributed by atoms with Gasteiger partial charge in [-0.3, -0.25) is 9.36 Å². The molecule has 4 heteroatoms. The van der Waals surface area contributed by atoms with Crippen LogP contribution in [0.4, 0.5) is 0 Å². The SMILES string of the molecule is CCCNC(=O)c1cncn1-c1ccccc1. The van der Waals surface area contributed by atoms with Crippen LogP contribution in [0.15, 0.2) is 42.9 Å². The topological polar surface area (TPSA) is 46.9 Å². The molecule has 0 bridgehead atoms. The molecule has 88 valence electrons. The van der Waals surface area contributed by atoms with Crippen molar-refractivity contribution in [3.05, 3.63) is 48.5 Å². The van der Waals surface area contributed by atoms with E-state index in [1.54, 1.807) is 17.1 Å². The molecule has 1 aromatic carbocycles. The number of para-hydroxylation sites is 1. The van der Waals surface area contributed by atoms with Crippen molar-refractivity contribution in [2.24, 2.45) is 0 Å². The van der Waals surface area contributed by atoms with Crippen molar-refractivity contribution in [3.8, 4) is 5.69 Å². The first kappa shape index (κ1) is 11.4. The average Bonchev–Trinajstić information content (AvgIpc) is 2.86. The number of imidazole rings is 1. The Kier molecular flexibility index (Phi) is 3.55. The zero-order valence-corrected chi connectivity index (χ0v) is 9.76. The third-order valence-electron chi connectivity index (χ3n) is 2.44. The Morgan fingerprint density at radius 2 is 2.12 bits per heavy atom. The van der Waals surface area contributed by atoms with Gasteiger partial charge in [-0.05, 0) is 18.6 Å². The van der Waals surface area contributed by atoms with Crippen LogP contribution in [0.5, 0.6) is 0 Å². The standard InChI is InChI=1S/C13H15N3O/c1-2-8-15-13(17)12-9-14-10-16(12)11-6-4-3-5-7-11/h3-7,9-10H,2,8H2,1H3,(H,15,17). The molecular formula is C13H15N3O. The van der Waals surface area contributed by atoms with E-state index in [9.17, 15) is 4.79 Å². The Morgan fingerprint density at radius 3 is 2.82 bits per heavy atom.